The first-order valence-corrected chi connectivity index (χ1v) is 6.93. The van der Waals surface area contributed by atoms with Gasteiger partial charge in [-0.2, -0.15) is 5.26 Å². The molecule has 1 aromatic rings. The molecule has 0 aliphatic rings. The number of hydrogen-bond donors (Lipinski definition) is 1. The van der Waals surface area contributed by atoms with E-state index in [9.17, 15) is 4.79 Å². The fourth-order valence-electron chi connectivity index (χ4n) is 1.53. The summed E-state index contributed by atoms with van der Waals surface area (Å²) in [4.78, 5) is 12.0. The van der Waals surface area contributed by atoms with Crippen molar-refractivity contribution in [3.63, 3.8) is 0 Å². The zero-order chi connectivity index (χ0) is 13.4. The number of alkyl halides is 1. The molecular formula is C14H17BrN2O. The molecule has 0 aliphatic heterocycles. The van der Waals surface area contributed by atoms with Crippen LogP contribution < -0.4 is 5.32 Å². The predicted molar refractivity (Wildman–Crippen MR) is 75.2 cm³/mol. The molecule has 0 fully saturated rings. The maximum absolute atomic E-state index is 11.5. The van der Waals surface area contributed by atoms with E-state index in [4.69, 9.17) is 5.26 Å². The van der Waals surface area contributed by atoms with Crippen LogP contribution in [-0.2, 0) is 11.3 Å². The molecule has 1 rings (SSSR count). The van der Waals surface area contributed by atoms with E-state index in [0.717, 1.165) is 18.4 Å². The summed E-state index contributed by atoms with van der Waals surface area (Å²) in [6.07, 6.45) is 2.46. The zero-order valence-corrected chi connectivity index (χ0v) is 12.0. The van der Waals surface area contributed by atoms with Gasteiger partial charge in [-0.3, -0.25) is 4.79 Å². The molecule has 4 heteroatoms. The van der Waals surface area contributed by atoms with Crippen LogP contribution in [0.4, 0.5) is 0 Å². The van der Waals surface area contributed by atoms with Gasteiger partial charge in [0.15, 0.2) is 0 Å². The smallest absolute Gasteiger partial charge is 0.220 e. The Kier molecular flexibility index (Phi) is 6.45. The monoisotopic (exact) mass is 308 g/mol. The van der Waals surface area contributed by atoms with Crippen LogP contribution in [0.1, 0.15) is 37.3 Å². The number of rotatable bonds is 6. The van der Waals surface area contributed by atoms with Crippen molar-refractivity contribution in [3.8, 4) is 6.07 Å². The second-order valence-electron chi connectivity index (χ2n) is 4.26. The molecule has 0 spiro atoms. The minimum Gasteiger partial charge on any atom is -0.352 e. The van der Waals surface area contributed by atoms with Gasteiger partial charge in [-0.25, -0.2) is 0 Å². The SMILES string of the molecule is CC(Br)CCCC(=O)NCc1ccc(C#N)cc1. The van der Waals surface area contributed by atoms with Gasteiger partial charge in [0.1, 0.15) is 0 Å². The normalized spacial score (nSPS) is 11.6. The van der Waals surface area contributed by atoms with Gasteiger partial charge in [0.05, 0.1) is 11.6 Å². The highest BCUT2D eigenvalue weighted by Crippen LogP contribution is 2.08. The van der Waals surface area contributed by atoms with Gasteiger partial charge < -0.3 is 5.32 Å². The zero-order valence-electron chi connectivity index (χ0n) is 10.4. The molecule has 1 N–H and O–H groups in total. The van der Waals surface area contributed by atoms with Crippen LogP contribution in [-0.4, -0.2) is 10.7 Å². The summed E-state index contributed by atoms with van der Waals surface area (Å²) >= 11 is 3.46. The van der Waals surface area contributed by atoms with Crippen LogP contribution in [0.15, 0.2) is 24.3 Å². The molecule has 1 unspecified atom stereocenters. The van der Waals surface area contributed by atoms with Gasteiger partial charge in [-0.15, -0.1) is 0 Å². The molecule has 0 heterocycles. The summed E-state index contributed by atoms with van der Waals surface area (Å²) < 4.78 is 0. The molecule has 0 radical (unpaired) electrons. The second-order valence-corrected chi connectivity index (χ2v) is 5.82. The van der Waals surface area contributed by atoms with Crippen molar-refractivity contribution >= 4 is 21.8 Å². The number of nitriles is 1. The molecule has 0 bridgehead atoms. The highest BCUT2D eigenvalue weighted by atomic mass is 79.9. The lowest BCUT2D eigenvalue weighted by molar-refractivity contribution is -0.121. The number of benzene rings is 1. The Balaban J connectivity index is 2.27. The molecule has 3 nitrogen and oxygen atoms in total. The van der Waals surface area contributed by atoms with Crippen molar-refractivity contribution < 1.29 is 4.79 Å². The molecule has 18 heavy (non-hydrogen) atoms. The number of carbonyl (C=O) groups is 1. The van der Waals surface area contributed by atoms with E-state index in [1.807, 2.05) is 12.1 Å². The molecule has 0 saturated carbocycles. The quantitative estimate of drug-likeness (QED) is 0.821. The van der Waals surface area contributed by atoms with Crippen molar-refractivity contribution in [2.75, 3.05) is 0 Å². The Morgan fingerprint density at radius 2 is 2.11 bits per heavy atom. The Labute approximate surface area is 116 Å². The number of carbonyl (C=O) groups excluding carboxylic acids is 1. The lowest BCUT2D eigenvalue weighted by atomic mass is 10.1. The third-order valence-electron chi connectivity index (χ3n) is 2.58. The minimum atomic E-state index is 0.0764. The Morgan fingerprint density at radius 1 is 1.44 bits per heavy atom. The van der Waals surface area contributed by atoms with Crippen LogP contribution in [0.5, 0.6) is 0 Å². The van der Waals surface area contributed by atoms with E-state index in [-0.39, 0.29) is 5.91 Å². The number of nitrogens with one attached hydrogen (secondary N) is 1. The number of halogens is 1. The van der Waals surface area contributed by atoms with E-state index in [1.54, 1.807) is 12.1 Å². The third-order valence-corrected chi connectivity index (χ3v) is 3.04. The maximum Gasteiger partial charge on any atom is 0.220 e. The molecule has 0 saturated heterocycles. The summed E-state index contributed by atoms with van der Waals surface area (Å²) in [5.74, 6) is 0.0764. The van der Waals surface area contributed by atoms with Crippen molar-refractivity contribution in [3.05, 3.63) is 35.4 Å². The molecule has 0 aliphatic carbocycles. The van der Waals surface area contributed by atoms with Gasteiger partial charge in [0.2, 0.25) is 5.91 Å². The maximum atomic E-state index is 11.5. The second kappa shape index (κ2) is 7.88. The highest BCUT2D eigenvalue weighted by molar-refractivity contribution is 9.09. The number of amides is 1. The van der Waals surface area contributed by atoms with Gasteiger partial charge in [0, 0.05) is 17.8 Å². The van der Waals surface area contributed by atoms with Crippen LogP contribution >= 0.6 is 15.9 Å². The molecule has 0 aromatic heterocycles. The summed E-state index contributed by atoms with van der Waals surface area (Å²) in [7, 11) is 0. The predicted octanol–water partition coefficient (Wildman–Crippen LogP) is 3.13. The van der Waals surface area contributed by atoms with Crippen molar-refractivity contribution in [2.24, 2.45) is 0 Å². The minimum absolute atomic E-state index is 0.0764. The van der Waals surface area contributed by atoms with Gasteiger partial charge >= 0.3 is 0 Å². The van der Waals surface area contributed by atoms with Crippen molar-refractivity contribution in [2.45, 2.75) is 37.6 Å². The number of hydrogen-bond acceptors (Lipinski definition) is 2. The van der Waals surface area contributed by atoms with Gasteiger partial charge in [-0.05, 0) is 30.5 Å². The van der Waals surface area contributed by atoms with E-state index >= 15 is 0 Å². The Morgan fingerprint density at radius 3 is 2.67 bits per heavy atom. The summed E-state index contributed by atoms with van der Waals surface area (Å²) in [5, 5.41) is 11.5. The van der Waals surface area contributed by atoms with Crippen molar-refractivity contribution in [1.29, 1.82) is 5.26 Å². The topological polar surface area (TPSA) is 52.9 Å². The average molecular weight is 309 g/mol. The van der Waals surface area contributed by atoms with Crippen LogP contribution in [0.2, 0.25) is 0 Å². The first-order chi connectivity index (χ1) is 8.61. The van der Waals surface area contributed by atoms with Crippen LogP contribution in [0.25, 0.3) is 0 Å². The average Bonchev–Trinajstić information content (AvgIpc) is 2.36. The standard InChI is InChI=1S/C14H17BrN2O/c1-11(15)3-2-4-14(18)17-10-13-7-5-12(9-16)6-8-13/h5-8,11H,2-4,10H2,1H3,(H,17,18). The number of nitrogens with zero attached hydrogens (tertiary/aromatic N) is 1. The van der Waals surface area contributed by atoms with Crippen LogP contribution in [0, 0.1) is 11.3 Å². The Bertz CT molecular complexity index is 420. The molecule has 1 aromatic carbocycles. The van der Waals surface area contributed by atoms with Gasteiger partial charge in [0.25, 0.3) is 0 Å². The lowest BCUT2D eigenvalue weighted by Gasteiger charge is -2.06. The van der Waals surface area contributed by atoms with Gasteiger partial charge in [-0.1, -0.05) is 35.0 Å². The molecule has 1 amide bonds. The largest absolute Gasteiger partial charge is 0.352 e. The van der Waals surface area contributed by atoms with E-state index in [2.05, 4.69) is 34.2 Å². The van der Waals surface area contributed by atoms with E-state index < -0.39 is 0 Å². The van der Waals surface area contributed by atoms with Crippen molar-refractivity contribution in [1.82, 2.24) is 5.32 Å². The fraction of sp³-hybridized carbons (Fsp3) is 0.429. The molecule has 1 atom stereocenters. The Hall–Kier alpha value is -1.34. The summed E-state index contributed by atoms with van der Waals surface area (Å²) in [5.41, 5.74) is 1.65. The summed E-state index contributed by atoms with van der Waals surface area (Å²) in [6, 6.07) is 9.30. The summed E-state index contributed by atoms with van der Waals surface area (Å²) in [6.45, 7) is 2.60. The van der Waals surface area contributed by atoms with E-state index in [0.29, 0.717) is 23.4 Å². The molecular weight excluding hydrogens is 292 g/mol. The third kappa shape index (κ3) is 5.83. The lowest BCUT2D eigenvalue weighted by Crippen LogP contribution is -2.22. The van der Waals surface area contributed by atoms with E-state index in [1.165, 1.54) is 0 Å². The fourth-order valence-corrected chi connectivity index (χ4v) is 1.85. The van der Waals surface area contributed by atoms with Crippen LogP contribution in [0.3, 0.4) is 0 Å². The highest BCUT2D eigenvalue weighted by Gasteiger charge is 2.03. The first kappa shape index (κ1) is 14.7. The molecule has 96 valence electrons. The first-order valence-electron chi connectivity index (χ1n) is 6.01.